The molecular formula is C7H23N4O9P. The average molecular weight is 338 g/mol. The fourth-order valence-electron chi connectivity index (χ4n) is 1.21. The van der Waals surface area contributed by atoms with Gasteiger partial charge in [-0.3, -0.25) is 18.9 Å². The molecule has 0 heterocycles. The molecule has 0 aliphatic carbocycles. The third kappa shape index (κ3) is 8.31. The molecule has 13 nitrogen and oxygen atoms in total. The molecule has 130 valence electrons. The Hall–Kier alpha value is -1.60. The SMILES string of the molecule is N.N.N.N.O=C(O)CCC(CC(=O)O)(C(=O)O)P(=O)(O)O. The van der Waals surface area contributed by atoms with E-state index >= 15 is 0 Å². The van der Waals surface area contributed by atoms with E-state index in [0.717, 1.165) is 0 Å². The second-order valence-corrected chi connectivity index (χ2v) is 5.29. The highest BCUT2D eigenvalue weighted by atomic mass is 31.2. The summed E-state index contributed by atoms with van der Waals surface area (Å²) < 4.78 is 11.1. The van der Waals surface area contributed by atoms with Crippen molar-refractivity contribution in [2.24, 2.45) is 0 Å². The molecule has 0 saturated heterocycles. The van der Waals surface area contributed by atoms with Gasteiger partial charge in [-0.15, -0.1) is 0 Å². The van der Waals surface area contributed by atoms with Crippen molar-refractivity contribution in [3.05, 3.63) is 0 Å². The van der Waals surface area contributed by atoms with Crippen LogP contribution in [0, 0.1) is 0 Å². The van der Waals surface area contributed by atoms with E-state index in [2.05, 4.69) is 0 Å². The van der Waals surface area contributed by atoms with Crippen molar-refractivity contribution < 1.29 is 44.1 Å². The van der Waals surface area contributed by atoms with Crippen LogP contribution in [-0.2, 0) is 18.9 Å². The van der Waals surface area contributed by atoms with Crippen LogP contribution in [0.15, 0.2) is 0 Å². The quantitative estimate of drug-likeness (QED) is 0.275. The van der Waals surface area contributed by atoms with Crippen molar-refractivity contribution in [3.8, 4) is 0 Å². The first kappa shape index (κ1) is 31.7. The molecule has 0 aromatic rings. The minimum absolute atomic E-state index is 0. The summed E-state index contributed by atoms with van der Waals surface area (Å²) >= 11 is 0. The summed E-state index contributed by atoms with van der Waals surface area (Å²) in [6.45, 7) is 0. The highest BCUT2D eigenvalue weighted by molar-refractivity contribution is 7.54. The Bertz CT molecular complexity index is 398. The summed E-state index contributed by atoms with van der Waals surface area (Å²) in [5, 5.41) is 22.7. The molecule has 0 radical (unpaired) electrons. The maximum atomic E-state index is 11.1. The molecule has 14 heteroatoms. The summed E-state index contributed by atoms with van der Waals surface area (Å²) in [5.41, 5.74) is 0. The molecule has 0 rings (SSSR count). The Morgan fingerprint density at radius 1 is 0.857 bits per heavy atom. The van der Waals surface area contributed by atoms with Gasteiger partial charge in [-0.25, -0.2) is 0 Å². The predicted octanol–water partition coefficient (Wildman–Crippen LogP) is -0.0250. The molecule has 0 saturated carbocycles. The molecule has 0 aromatic carbocycles. The van der Waals surface area contributed by atoms with E-state index in [1.54, 1.807) is 0 Å². The lowest BCUT2D eigenvalue weighted by atomic mass is 9.98. The van der Waals surface area contributed by atoms with Gasteiger partial charge in [0.15, 0.2) is 5.16 Å². The maximum absolute atomic E-state index is 11.1. The third-order valence-corrected chi connectivity index (χ3v) is 3.84. The Morgan fingerprint density at radius 3 is 1.43 bits per heavy atom. The first-order valence-corrected chi connectivity index (χ1v) is 5.87. The van der Waals surface area contributed by atoms with E-state index in [1.807, 2.05) is 0 Å². The van der Waals surface area contributed by atoms with Gasteiger partial charge in [0.1, 0.15) is 0 Å². The van der Waals surface area contributed by atoms with E-state index in [9.17, 15) is 18.9 Å². The molecule has 21 heavy (non-hydrogen) atoms. The molecule has 0 fully saturated rings. The molecule has 1 unspecified atom stereocenters. The Morgan fingerprint density at radius 2 is 1.24 bits per heavy atom. The fourth-order valence-corrected chi connectivity index (χ4v) is 2.20. The summed E-state index contributed by atoms with van der Waals surface area (Å²) in [6, 6.07) is 0. The number of carbonyl (C=O) groups is 3. The molecule has 0 amide bonds. The number of hydrogen-bond acceptors (Lipinski definition) is 8. The lowest BCUT2D eigenvalue weighted by Gasteiger charge is -2.27. The van der Waals surface area contributed by atoms with Crippen LogP contribution in [0.1, 0.15) is 19.3 Å². The van der Waals surface area contributed by atoms with E-state index in [1.165, 1.54) is 0 Å². The number of carboxylic acids is 3. The third-order valence-electron chi connectivity index (χ3n) is 2.15. The van der Waals surface area contributed by atoms with Crippen LogP contribution in [-0.4, -0.2) is 48.2 Å². The van der Waals surface area contributed by atoms with Crippen LogP contribution in [0.2, 0.25) is 0 Å². The molecule has 0 aliphatic heterocycles. The molecule has 1 atom stereocenters. The number of hydrogen-bond donors (Lipinski definition) is 9. The van der Waals surface area contributed by atoms with Gasteiger partial charge < -0.3 is 49.7 Å². The van der Waals surface area contributed by atoms with Gasteiger partial charge >= 0.3 is 25.5 Å². The predicted molar refractivity (Wildman–Crippen MR) is 71.6 cm³/mol. The zero-order valence-corrected chi connectivity index (χ0v) is 12.2. The van der Waals surface area contributed by atoms with Gasteiger partial charge in [-0.1, -0.05) is 0 Å². The fraction of sp³-hybridized carbons (Fsp3) is 0.571. The van der Waals surface area contributed by atoms with Crippen LogP contribution < -0.4 is 24.6 Å². The lowest BCUT2D eigenvalue weighted by Crippen LogP contribution is -2.41. The van der Waals surface area contributed by atoms with Crippen molar-refractivity contribution in [3.63, 3.8) is 0 Å². The Labute approximate surface area is 119 Å². The largest absolute Gasteiger partial charge is 0.481 e. The summed E-state index contributed by atoms with van der Waals surface area (Å²) in [7, 11) is -5.32. The van der Waals surface area contributed by atoms with E-state index in [0.29, 0.717) is 0 Å². The second kappa shape index (κ2) is 11.1. The van der Waals surface area contributed by atoms with Crippen LogP contribution >= 0.6 is 7.60 Å². The summed E-state index contributed by atoms with van der Waals surface area (Å²) in [6.07, 6.45) is -3.17. The molecule has 0 aliphatic rings. The Kier molecular flexibility index (Phi) is 16.7. The summed E-state index contributed by atoms with van der Waals surface area (Å²) in [4.78, 5) is 49.5. The Balaban J connectivity index is -0.000000213. The maximum Gasteiger partial charge on any atom is 0.343 e. The van der Waals surface area contributed by atoms with E-state index in [4.69, 9.17) is 25.1 Å². The zero-order valence-electron chi connectivity index (χ0n) is 11.3. The van der Waals surface area contributed by atoms with Crippen molar-refractivity contribution in [2.45, 2.75) is 24.4 Å². The van der Waals surface area contributed by atoms with Gasteiger partial charge in [0.05, 0.1) is 6.42 Å². The highest BCUT2D eigenvalue weighted by Crippen LogP contribution is 2.55. The summed E-state index contributed by atoms with van der Waals surface area (Å²) in [5.74, 6) is -5.25. The van der Waals surface area contributed by atoms with E-state index < -0.39 is 49.9 Å². The van der Waals surface area contributed by atoms with Gasteiger partial charge in [0.2, 0.25) is 0 Å². The van der Waals surface area contributed by atoms with Crippen molar-refractivity contribution in [2.75, 3.05) is 0 Å². The standard InChI is InChI=1S/C7H11O9P.4H3N/c8-4(9)1-2-7(6(12)13,3-5(10)11)17(14,15)16;;;;/h1-3H2,(H,8,9)(H,10,11)(H,12,13)(H2,14,15,16);4*1H3. The number of rotatable bonds is 7. The molecule has 0 spiro atoms. The normalized spacial score (nSPS) is 12.1. The van der Waals surface area contributed by atoms with Crippen molar-refractivity contribution in [1.29, 1.82) is 0 Å². The minimum Gasteiger partial charge on any atom is -0.481 e. The number of carboxylic acid groups (broad SMARTS) is 3. The van der Waals surface area contributed by atoms with Crippen molar-refractivity contribution in [1.82, 2.24) is 24.6 Å². The topological polar surface area (TPSA) is 309 Å². The molecular weight excluding hydrogens is 315 g/mol. The monoisotopic (exact) mass is 338 g/mol. The van der Waals surface area contributed by atoms with Crippen LogP contribution in [0.3, 0.4) is 0 Å². The first-order valence-electron chi connectivity index (χ1n) is 4.25. The lowest BCUT2D eigenvalue weighted by molar-refractivity contribution is -0.148. The average Bonchev–Trinajstić information content (AvgIpc) is 2.08. The van der Waals surface area contributed by atoms with Crippen LogP contribution in [0.4, 0.5) is 0 Å². The molecule has 17 N–H and O–H groups in total. The van der Waals surface area contributed by atoms with Crippen LogP contribution in [0.25, 0.3) is 0 Å². The van der Waals surface area contributed by atoms with Crippen LogP contribution in [0.5, 0.6) is 0 Å². The molecule has 0 bridgehead atoms. The zero-order chi connectivity index (χ0) is 13.9. The number of aliphatic carboxylic acids is 3. The van der Waals surface area contributed by atoms with E-state index in [-0.39, 0.29) is 24.6 Å². The van der Waals surface area contributed by atoms with Gasteiger partial charge in [0.25, 0.3) is 0 Å². The molecule has 0 aromatic heterocycles. The second-order valence-electron chi connectivity index (χ2n) is 3.35. The smallest absolute Gasteiger partial charge is 0.343 e. The van der Waals surface area contributed by atoms with Gasteiger partial charge in [-0.05, 0) is 6.42 Å². The highest BCUT2D eigenvalue weighted by Gasteiger charge is 2.55. The first-order chi connectivity index (χ1) is 7.53. The van der Waals surface area contributed by atoms with Gasteiger partial charge in [-0.2, -0.15) is 0 Å². The van der Waals surface area contributed by atoms with Crippen molar-refractivity contribution >= 4 is 25.5 Å². The van der Waals surface area contributed by atoms with Gasteiger partial charge in [0, 0.05) is 6.42 Å². The minimum atomic E-state index is -5.32.